The Bertz CT molecular complexity index is 478. The monoisotopic (exact) mass is 258 g/mol. The number of aromatic nitrogens is 3. The van der Waals surface area contributed by atoms with Crippen LogP contribution in [0, 0.1) is 0 Å². The zero-order valence-electron chi connectivity index (χ0n) is 11.7. The van der Waals surface area contributed by atoms with Gasteiger partial charge >= 0.3 is 0 Å². The molecule has 0 spiro atoms. The molecule has 0 aliphatic heterocycles. The van der Waals surface area contributed by atoms with Crippen LogP contribution in [-0.2, 0) is 19.9 Å². The first-order valence-electron chi connectivity index (χ1n) is 6.84. The lowest BCUT2D eigenvalue weighted by Crippen LogP contribution is -2.27. The quantitative estimate of drug-likeness (QED) is 0.825. The van der Waals surface area contributed by atoms with Crippen molar-refractivity contribution in [3.8, 4) is 0 Å². The predicted octanol–water partition coefficient (Wildman–Crippen LogP) is 1.97. The molecule has 1 heterocycles. The van der Waals surface area contributed by atoms with Gasteiger partial charge in [-0.3, -0.25) is 4.68 Å². The van der Waals surface area contributed by atoms with Crippen molar-refractivity contribution in [1.82, 2.24) is 20.3 Å². The molecule has 4 heteroatoms. The van der Waals surface area contributed by atoms with Gasteiger partial charge in [0, 0.05) is 25.7 Å². The highest BCUT2D eigenvalue weighted by Gasteiger charge is 2.09. The summed E-state index contributed by atoms with van der Waals surface area (Å²) in [6, 6.07) is 11.1. The number of benzene rings is 1. The van der Waals surface area contributed by atoms with Crippen LogP contribution < -0.4 is 5.32 Å². The summed E-state index contributed by atoms with van der Waals surface area (Å²) in [6.45, 7) is 0. The van der Waals surface area contributed by atoms with Crippen molar-refractivity contribution < 1.29 is 0 Å². The fourth-order valence-corrected chi connectivity index (χ4v) is 2.29. The van der Waals surface area contributed by atoms with Crippen LogP contribution in [-0.4, -0.2) is 28.1 Å². The highest BCUT2D eigenvalue weighted by atomic mass is 15.4. The van der Waals surface area contributed by atoms with E-state index in [4.69, 9.17) is 0 Å². The summed E-state index contributed by atoms with van der Waals surface area (Å²) in [4.78, 5) is 0. The number of nitrogens with zero attached hydrogens (tertiary/aromatic N) is 3. The first-order valence-corrected chi connectivity index (χ1v) is 6.84. The van der Waals surface area contributed by atoms with Gasteiger partial charge in [-0.15, -0.1) is 5.10 Å². The van der Waals surface area contributed by atoms with E-state index < -0.39 is 0 Å². The molecule has 0 amide bonds. The Balaban J connectivity index is 1.76. The van der Waals surface area contributed by atoms with E-state index in [1.54, 1.807) is 4.68 Å². The van der Waals surface area contributed by atoms with Gasteiger partial charge in [0.1, 0.15) is 0 Å². The molecule has 0 fully saturated rings. The van der Waals surface area contributed by atoms with Gasteiger partial charge in [0.15, 0.2) is 0 Å². The zero-order valence-corrected chi connectivity index (χ0v) is 11.7. The van der Waals surface area contributed by atoms with Crippen LogP contribution in [0.1, 0.15) is 24.1 Å². The van der Waals surface area contributed by atoms with Gasteiger partial charge in [0.25, 0.3) is 0 Å². The summed E-state index contributed by atoms with van der Waals surface area (Å²) in [5.41, 5.74) is 2.47. The predicted molar refractivity (Wildman–Crippen MR) is 76.9 cm³/mol. The molecule has 1 aromatic carbocycles. The molecule has 2 rings (SSSR count). The standard InChI is InChI=1S/C15H22N4/c1-16-14(11-15-12-19(2)18-17-15)10-6-9-13-7-4-3-5-8-13/h3-5,7-8,12,14,16H,6,9-11H2,1-2H3. The van der Waals surface area contributed by atoms with Crippen molar-refractivity contribution in [2.45, 2.75) is 31.7 Å². The third kappa shape index (κ3) is 4.48. The highest BCUT2D eigenvalue weighted by molar-refractivity contribution is 5.14. The molecule has 2 aromatic rings. The summed E-state index contributed by atoms with van der Waals surface area (Å²) in [7, 11) is 3.92. The lowest BCUT2D eigenvalue weighted by atomic mass is 10.0. The Hall–Kier alpha value is -1.68. The third-order valence-electron chi connectivity index (χ3n) is 3.37. The van der Waals surface area contributed by atoms with Crippen LogP contribution in [0.3, 0.4) is 0 Å². The largest absolute Gasteiger partial charge is 0.317 e. The van der Waals surface area contributed by atoms with Gasteiger partial charge in [-0.2, -0.15) is 0 Å². The Morgan fingerprint density at radius 1 is 1.26 bits per heavy atom. The molecule has 102 valence electrons. The summed E-state index contributed by atoms with van der Waals surface area (Å²) in [5.74, 6) is 0. The second kappa shape index (κ2) is 7.04. The maximum Gasteiger partial charge on any atom is 0.0842 e. The fourth-order valence-electron chi connectivity index (χ4n) is 2.29. The Labute approximate surface area is 114 Å². The van der Waals surface area contributed by atoms with Crippen LogP contribution in [0.2, 0.25) is 0 Å². The maximum atomic E-state index is 4.14. The van der Waals surface area contributed by atoms with Crippen LogP contribution in [0.25, 0.3) is 0 Å². The number of nitrogens with one attached hydrogen (secondary N) is 1. The number of aryl methyl sites for hydroxylation is 2. The molecule has 1 aromatic heterocycles. The van der Waals surface area contributed by atoms with Crippen molar-refractivity contribution in [1.29, 1.82) is 0 Å². The van der Waals surface area contributed by atoms with E-state index in [1.807, 2.05) is 20.3 Å². The second-order valence-corrected chi connectivity index (χ2v) is 4.95. The molecule has 4 nitrogen and oxygen atoms in total. The first-order chi connectivity index (χ1) is 9.28. The van der Waals surface area contributed by atoms with E-state index >= 15 is 0 Å². The average Bonchev–Trinajstić information content (AvgIpc) is 2.84. The summed E-state index contributed by atoms with van der Waals surface area (Å²) in [6.07, 6.45) is 6.41. The smallest absolute Gasteiger partial charge is 0.0842 e. The number of hydrogen-bond donors (Lipinski definition) is 1. The van der Waals surface area contributed by atoms with Crippen molar-refractivity contribution in [3.63, 3.8) is 0 Å². The van der Waals surface area contributed by atoms with E-state index in [1.165, 1.54) is 12.0 Å². The molecule has 1 N–H and O–H groups in total. The molecular formula is C15H22N4. The van der Waals surface area contributed by atoms with Gasteiger partial charge in [0.05, 0.1) is 5.69 Å². The van der Waals surface area contributed by atoms with Gasteiger partial charge in [-0.1, -0.05) is 35.5 Å². The minimum absolute atomic E-state index is 0.473. The van der Waals surface area contributed by atoms with Crippen LogP contribution in [0.15, 0.2) is 36.5 Å². The van der Waals surface area contributed by atoms with Crippen LogP contribution in [0.4, 0.5) is 0 Å². The second-order valence-electron chi connectivity index (χ2n) is 4.95. The van der Waals surface area contributed by atoms with E-state index in [2.05, 4.69) is 46.0 Å². The van der Waals surface area contributed by atoms with E-state index in [0.717, 1.165) is 25.0 Å². The van der Waals surface area contributed by atoms with E-state index in [0.29, 0.717) is 6.04 Å². The number of rotatable bonds is 7. The van der Waals surface area contributed by atoms with Gasteiger partial charge in [0.2, 0.25) is 0 Å². The van der Waals surface area contributed by atoms with Gasteiger partial charge in [-0.05, 0) is 31.9 Å². The SMILES string of the molecule is CNC(CCCc1ccccc1)Cc1cn(C)nn1. The molecule has 0 saturated carbocycles. The maximum absolute atomic E-state index is 4.14. The number of hydrogen-bond acceptors (Lipinski definition) is 3. The topological polar surface area (TPSA) is 42.7 Å². The Morgan fingerprint density at radius 3 is 2.68 bits per heavy atom. The van der Waals surface area contributed by atoms with Crippen molar-refractivity contribution in [2.24, 2.45) is 7.05 Å². The number of likely N-dealkylation sites (N-methyl/N-ethyl adjacent to an activating group) is 1. The molecule has 0 bridgehead atoms. The van der Waals surface area contributed by atoms with Crippen molar-refractivity contribution in [2.75, 3.05) is 7.05 Å². The van der Waals surface area contributed by atoms with Gasteiger partial charge < -0.3 is 5.32 Å². The minimum Gasteiger partial charge on any atom is -0.317 e. The first kappa shape index (κ1) is 13.7. The van der Waals surface area contributed by atoms with Crippen LogP contribution >= 0.6 is 0 Å². The molecule has 0 aliphatic rings. The third-order valence-corrected chi connectivity index (χ3v) is 3.37. The lowest BCUT2D eigenvalue weighted by Gasteiger charge is -2.14. The molecule has 0 saturated heterocycles. The minimum atomic E-state index is 0.473. The normalized spacial score (nSPS) is 12.5. The molecular weight excluding hydrogens is 236 g/mol. The summed E-state index contributed by atoms with van der Waals surface area (Å²) >= 11 is 0. The molecule has 19 heavy (non-hydrogen) atoms. The van der Waals surface area contributed by atoms with Crippen molar-refractivity contribution in [3.05, 3.63) is 47.8 Å². The van der Waals surface area contributed by atoms with E-state index in [-0.39, 0.29) is 0 Å². The molecule has 0 aliphatic carbocycles. The lowest BCUT2D eigenvalue weighted by molar-refractivity contribution is 0.497. The highest BCUT2D eigenvalue weighted by Crippen LogP contribution is 2.09. The molecule has 1 atom stereocenters. The summed E-state index contributed by atoms with van der Waals surface area (Å²) in [5, 5.41) is 11.5. The molecule has 1 unspecified atom stereocenters. The zero-order chi connectivity index (χ0) is 13.5. The summed E-state index contributed by atoms with van der Waals surface area (Å²) < 4.78 is 1.76. The Kier molecular flexibility index (Phi) is 5.10. The molecule has 0 radical (unpaired) electrons. The van der Waals surface area contributed by atoms with Gasteiger partial charge in [-0.25, -0.2) is 0 Å². The average molecular weight is 258 g/mol. The fraction of sp³-hybridized carbons (Fsp3) is 0.467. The Morgan fingerprint density at radius 2 is 2.05 bits per heavy atom. The van der Waals surface area contributed by atoms with Crippen molar-refractivity contribution >= 4 is 0 Å². The van der Waals surface area contributed by atoms with Crippen LogP contribution in [0.5, 0.6) is 0 Å². The van der Waals surface area contributed by atoms with E-state index in [9.17, 15) is 0 Å².